The monoisotopic (exact) mass is 415 g/mol. The number of carbonyl (C=O) groups is 2. The van der Waals surface area contributed by atoms with Crippen LogP contribution in [-0.4, -0.2) is 39.5 Å². The number of amides is 2. The van der Waals surface area contributed by atoms with Gasteiger partial charge in [-0.25, -0.2) is 8.78 Å². The largest absolute Gasteiger partial charge is 0.503 e. The third-order valence-corrected chi connectivity index (χ3v) is 6.32. The Bertz CT molecular complexity index is 1150. The Morgan fingerprint density at radius 3 is 2.73 bits per heavy atom. The first kappa shape index (κ1) is 18.8. The van der Waals surface area contributed by atoms with Gasteiger partial charge < -0.3 is 19.9 Å². The first-order chi connectivity index (χ1) is 14.3. The van der Waals surface area contributed by atoms with E-state index in [4.69, 9.17) is 0 Å². The van der Waals surface area contributed by atoms with Gasteiger partial charge in [-0.1, -0.05) is 6.07 Å². The van der Waals surface area contributed by atoms with Crippen molar-refractivity contribution < 1.29 is 23.5 Å². The average molecular weight is 415 g/mol. The molecule has 2 amide bonds. The van der Waals surface area contributed by atoms with Gasteiger partial charge in [0.05, 0.1) is 6.04 Å². The van der Waals surface area contributed by atoms with Crippen molar-refractivity contribution in [3.63, 3.8) is 0 Å². The third-order valence-electron chi connectivity index (χ3n) is 6.32. The normalized spacial score (nSPS) is 24.0. The first-order valence-electron chi connectivity index (χ1n) is 9.83. The van der Waals surface area contributed by atoms with Gasteiger partial charge in [-0.15, -0.1) is 0 Å². The van der Waals surface area contributed by atoms with E-state index in [-0.39, 0.29) is 29.4 Å². The Hall–Kier alpha value is -3.23. The molecule has 2 aromatic rings. The zero-order valence-electron chi connectivity index (χ0n) is 15.9. The average Bonchev–Trinajstić information content (AvgIpc) is 3.44. The van der Waals surface area contributed by atoms with Crippen LogP contribution in [-0.2, 0) is 6.54 Å². The number of hydrogen-bond donors (Lipinski definition) is 2. The Balaban J connectivity index is 1.46. The van der Waals surface area contributed by atoms with E-state index < -0.39 is 34.6 Å². The number of aromatic hydroxyl groups is 1. The van der Waals surface area contributed by atoms with Gasteiger partial charge in [0.1, 0.15) is 17.2 Å². The van der Waals surface area contributed by atoms with E-state index in [1.165, 1.54) is 12.3 Å². The van der Waals surface area contributed by atoms with E-state index in [2.05, 4.69) is 5.32 Å². The molecule has 2 aliphatic heterocycles. The number of aromatic nitrogens is 1. The second kappa shape index (κ2) is 6.65. The Morgan fingerprint density at radius 1 is 1.17 bits per heavy atom. The molecule has 1 saturated heterocycles. The quantitative estimate of drug-likeness (QED) is 0.800. The fourth-order valence-corrected chi connectivity index (χ4v) is 4.59. The zero-order valence-corrected chi connectivity index (χ0v) is 15.9. The molecule has 9 heteroatoms. The van der Waals surface area contributed by atoms with Crippen LogP contribution in [0.15, 0.2) is 29.2 Å². The number of halogens is 2. The number of rotatable bonds is 3. The summed E-state index contributed by atoms with van der Waals surface area (Å²) in [7, 11) is 0. The summed E-state index contributed by atoms with van der Waals surface area (Å²) in [6.07, 6.45) is 3.18. The lowest BCUT2D eigenvalue weighted by atomic mass is 10.0. The Kier molecular flexibility index (Phi) is 4.16. The van der Waals surface area contributed by atoms with E-state index in [0.29, 0.717) is 31.0 Å². The lowest BCUT2D eigenvalue weighted by Gasteiger charge is -2.35. The van der Waals surface area contributed by atoms with E-state index in [1.807, 2.05) is 0 Å². The van der Waals surface area contributed by atoms with Crippen LogP contribution >= 0.6 is 0 Å². The van der Waals surface area contributed by atoms with Gasteiger partial charge in [-0.05, 0) is 30.7 Å². The Morgan fingerprint density at radius 2 is 1.97 bits per heavy atom. The minimum Gasteiger partial charge on any atom is -0.503 e. The second-order valence-corrected chi connectivity index (χ2v) is 8.25. The highest BCUT2D eigenvalue weighted by atomic mass is 19.1. The standard InChI is InChI=1S/C21H19F2N3O4/c22-13-2-1-10(16(23)5-13)6-24-20(29)15-9-26-14-4-11-3-12(11)7-25(8-14)21(30)17(26)19(28)18(15)27/h1-2,5,9,11-12,14,28H,3-4,6-8H2,(H,24,29)/t11-,12?,14+/m1/s1. The van der Waals surface area contributed by atoms with Crippen molar-refractivity contribution >= 4 is 11.8 Å². The zero-order chi connectivity index (χ0) is 21.2. The SMILES string of the molecule is O=C(NCc1ccc(F)cc1F)c1cn2c(c(O)c1=O)C(=O)N1CC3C[C@@H]3C[C@H]2C1. The highest BCUT2D eigenvalue weighted by Crippen LogP contribution is 2.49. The van der Waals surface area contributed by atoms with Gasteiger partial charge in [0.25, 0.3) is 11.8 Å². The van der Waals surface area contributed by atoms with Crippen LogP contribution in [0, 0.1) is 23.5 Å². The molecule has 2 fully saturated rings. The van der Waals surface area contributed by atoms with Crippen LogP contribution < -0.4 is 10.7 Å². The maximum absolute atomic E-state index is 13.8. The molecule has 30 heavy (non-hydrogen) atoms. The van der Waals surface area contributed by atoms with Gasteiger partial charge >= 0.3 is 0 Å². The van der Waals surface area contributed by atoms with Crippen molar-refractivity contribution in [3.8, 4) is 5.75 Å². The molecule has 3 atom stereocenters. The molecule has 3 aliphatic rings. The summed E-state index contributed by atoms with van der Waals surface area (Å²) < 4.78 is 28.4. The molecule has 0 spiro atoms. The van der Waals surface area contributed by atoms with Gasteiger partial charge in [-0.2, -0.15) is 0 Å². The molecule has 1 unspecified atom stereocenters. The predicted molar refractivity (Wildman–Crippen MR) is 101 cm³/mol. The number of hydrogen-bond acceptors (Lipinski definition) is 4. The summed E-state index contributed by atoms with van der Waals surface area (Å²) in [6, 6.07) is 2.85. The number of nitrogens with one attached hydrogen (secondary N) is 1. The second-order valence-electron chi connectivity index (χ2n) is 8.25. The van der Waals surface area contributed by atoms with Crippen LogP contribution in [0.5, 0.6) is 5.75 Å². The molecule has 1 aromatic carbocycles. The molecule has 156 valence electrons. The van der Waals surface area contributed by atoms with Crippen LogP contribution in [0.25, 0.3) is 0 Å². The summed E-state index contributed by atoms with van der Waals surface area (Å²) in [5.41, 5.74) is -1.30. The van der Waals surface area contributed by atoms with Crippen molar-refractivity contribution in [2.24, 2.45) is 11.8 Å². The third kappa shape index (κ3) is 2.96. The fraction of sp³-hybridized carbons (Fsp3) is 0.381. The predicted octanol–water partition coefficient (Wildman–Crippen LogP) is 1.80. The van der Waals surface area contributed by atoms with Crippen LogP contribution in [0.4, 0.5) is 8.78 Å². The Labute approximate surface area is 169 Å². The highest BCUT2D eigenvalue weighted by molar-refractivity contribution is 5.99. The molecule has 2 bridgehead atoms. The number of pyridine rings is 1. The molecule has 2 N–H and O–H groups in total. The van der Waals surface area contributed by atoms with Gasteiger partial charge in [0, 0.05) is 37.5 Å². The smallest absolute Gasteiger partial charge is 0.274 e. The summed E-state index contributed by atoms with van der Waals surface area (Å²) in [4.78, 5) is 39.7. The topological polar surface area (TPSA) is 91.6 Å². The molecule has 1 saturated carbocycles. The number of carbonyl (C=O) groups excluding carboxylic acids is 2. The minimum absolute atomic E-state index is 0.0568. The maximum atomic E-state index is 13.8. The molecular weight excluding hydrogens is 396 g/mol. The summed E-state index contributed by atoms with van der Waals surface area (Å²) in [6.45, 7) is 0.842. The van der Waals surface area contributed by atoms with Crippen molar-refractivity contribution in [2.75, 3.05) is 13.1 Å². The molecule has 7 nitrogen and oxygen atoms in total. The maximum Gasteiger partial charge on any atom is 0.274 e. The lowest BCUT2D eigenvalue weighted by molar-refractivity contribution is 0.0663. The van der Waals surface area contributed by atoms with Gasteiger partial charge in [0.2, 0.25) is 5.43 Å². The lowest BCUT2D eigenvalue weighted by Crippen LogP contribution is -2.45. The van der Waals surface area contributed by atoms with E-state index in [1.54, 1.807) is 9.47 Å². The van der Waals surface area contributed by atoms with Crippen LogP contribution in [0.2, 0.25) is 0 Å². The molecule has 0 radical (unpaired) electrons. The molecule has 5 rings (SSSR count). The van der Waals surface area contributed by atoms with Crippen molar-refractivity contribution in [2.45, 2.75) is 25.4 Å². The molecule has 3 heterocycles. The number of benzene rings is 1. The number of fused-ring (bicyclic) bond motifs is 5. The van der Waals surface area contributed by atoms with E-state index in [9.17, 15) is 28.3 Å². The van der Waals surface area contributed by atoms with Crippen molar-refractivity contribution in [3.05, 3.63) is 63.1 Å². The van der Waals surface area contributed by atoms with Crippen LogP contribution in [0.3, 0.4) is 0 Å². The van der Waals surface area contributed by atoms with E-state index >= 15 is 0 Å². The van der Waals surface area contributed by atoms with Crippen LogP contribution in [0.1, 0.15) is 45.3 Å². The van der Waals surface area contributed by atoms with Gasteiger partial charge in [-0.3, -0.25) is 14.4 Å². The highest BCUT2D eigenvalue weighted by Gasteiger charge is 2.47. The summed E-state index contributed by atoms with van der Waals surface area (Å²) in [5.74, 6) is -2.55. The van der Waals surface area contributed by atoms with Gasteiger partial charge in [0.15, 0.2) is 11.4 Å². The van der Waals surface area contributed by atoms with Crippen molar-refractivity contribution in [1.29, 1.82) is 0 Å². The molecular formula is C21H19F2N3O4. The fourth-order valence-electron chi connectivity index (χ4n) is 4.59. The molecule has 1 aliphatic carbocycles. The summed E-state index contributed by atoms with van der Waals surface area (Å²) >= 11 is 0. The number of nitrogens with zero attached hydrogens (tertiary/aromatic N) is 2. The minimum atomic E-state index is -0.948. The molecule has 1 aromatic heterocycles. The van der Waals surface area contributed by atoms with Crippen molar-refractivity contribution in [1.82, 2.24) is 14.8 Å². The summed E-state index contributed by atoms with van der Waals surface area (Å²) in [5, 5.41) is 12.9. The first-order valence-corrected chi connectivity index (χ1v) is 9.83. The van der Waals surface area contributed by atoms with E-state index in [0.717, 1.165) is 18.9 Å².